The van der Waals surface area contributed by atoms with Gasteiger partial charge in [-0.05, 0) is 13.0 Å². The minimum atomic E-state index is -0.490. The van der Waals surface area contributed by atoms with Crippen LogP contribution in [0.1, 0.15) is 11.3 Å². The lowest BCUT2D eigenvalue weighted by atomic mass is 10.1. The van der Waals surface area contributed by atoms with Crippen molar-refractivity contribution < 1.29 is 9.72 Å². The van der Waals surface area contributed by atoms with Gasteiger partial charge in [0.1, 0.15) is 0 Å². The van der Waals surface area contributed by atoms with Gasteiger partial charge in [0, 0.05) is 40.7 Å². The fourth-order valence-corrected chi connectivity index (χ4v) is 3.76. The second kappa shape index (κ2) is 7.24. The summed E-state index contributed by atoms with van der Waals surface area (Å²) >= 11 is 1.47. The molecular formula is C20H16N4O3S. The molecule has 0 fully saturated rings. The van der Waals surface area contributed by atoms with Gasteiger partial charge in [0.15, 0.2) is 4.96 Å². The van der Waals surface area contributed by atoms with Crippen LogP contribution in [0, 0.1) is 17.0 Å². The molecule has 7 nitrogen and oxygen atoms in total. The van der Waals surface area contributed by atoms with Crippen LogP contribution in [0.2, 0.25) is 0 Å². The maximum atomic E-state index is 12.4. The Bertz CT molecular complexity index is 1180. The van der Waals surface area contributed by atoms with E-state index in [9.17, 15) is 14.9 Å². The molecule has 0 aliphatic rings. The number of thiazole rings is 1. The Morgan fingerprint density at radius 2 is 2.04 bits per heavy atom. The van der Waals surface area contributed by atoms with E-state index in [0.717, 1.165) is 21.9 Å². The summed E-state index contributed by atoms with van der Waals surface area (Å²) in [6.45, 7) is 2.04. The number of carbonyl (C=O) groups excluding carboxylic acids is 1. The summed E-state index contributed by atoms with van der Waals surface area (Å²) in [7, 11) is 0. The number of amides is 1. The number of aromatic nitrogens is 2. The number of rotatable bonds is 5. The molecule has 0 saturated carbocycles. The van der Waals surface area contributed by atoms with Crippen LogP contribution in [-0.4, -0.2) is 20.2 Å². The van der Waals surface area contributed by atoms with Crippen LogP contribution in [0.5, 0.6) is 0 Å². The predicted molar refractivity (Wildman–Crippen MR) is 109 cm³/mol. The largest absolute Gasteiger partial charge is 0.326 e. The van der Waals surface area contributed by atoms with Crippen molar-refractivity contribution in [2.24, 2.45) is 0 Å². The van der Waals surface area contributed by atoms with Crippen molar-refractivity contribution >= 4 is 33.6 Å². The summed E-state index contributed by atoms with van der Waals surface area (Å²) in [6.07, 6.45) is 2.07. The topological polar surface area (TPSA) is 89.5 Å². The molecule has 0 saturated heterocycles. The molecule has 1 N–H and O–H groups in total. The van der Waals surface area contributed by atoms with Crippen LogP contribution in [-0.2, 0) is 11.2 Å². The van der Waals surface area contributed by atoms with Gasteiger partial charge in [-0.25, -0.2) is 4.98 Å². The van der Waals surface area contributed by atoms with Crippen LogP contribution in [0.15, 0.2) is 60.1 Å². The number of benzene rings is 2. The van der Waals surface area contributed by atoms with Gasteiger partial charge in [-0.3, -0.25) is 19.3 Å². The van der Waals surface area contributed by atoms with Gasteiger partial charge >= 0.3 is 0 Å². The Labute approximate surface area is 164 Å². The summed E-state index contributed by atoms with van der Waals surface area (Å²) < 4.78 is 1.91. The summed E-state index contributed by atoms with van der Waals surface area (Å²) in [5.41, 5.74) is 4.21. The zero-order chi connectivity index (χ0) is 19.7. The number of anilines is 1. The molecule has 140 valence electrons. The number of nitrogens with one attached hydrogen (secondary N) is 1. The Balaban J connectivity index is 1.53. The number of imidazole rings is 1. The lowest BCUT2D eigenvalue weighted by Crippen LogP contribution is -2.15. The third-order valence-electron chi connectivity index (χ3n) is 4.31. The van der Waals surface area contributed by atoms with Crippen LogP contribution in [0.3, 0.4) is 0 Å². The van der Waals surface area contributed by atoms with Crippen LogP contribution in [0.4, 0.5) is 11.4 Å². The number of aryl methyl sites for hydroxylation is 1. The average molecular weight is 392 g/mol. The zero-order valence-corrected chi connectivity index (χ0v) is 15.8. The van der Waals surface area contributed by atoms with E-state index in [-0.39, 0.29) is 18.0 Å². The summed E-state index contributed by atoms with van der Waals surface area (Å²) in [5, 5.41) is 15.5. The normalized spacial score (nSPS) is 10.9. The van der Waals surface area contributed by atoms with Crippen molar-refractivity contribution in [1.82, 2.24) is 9.38 Å². The lowest BCUT2D eigenvalue weighted by molar-refractivity contribution is -0.384. The molecule has 4 aromatic rings. The Hall–Kier alpha value is -3.52. The fraction of sp³-hybridized carbons (Fsp3) is 0.100. The first-order chi connectivity index (χ1) is 13.5. The van der Waals surface area contributed by atoms with Gasteiger partial charge in [-0.2, -0.15) is 0 Å². The molecule has 0 aliphatic carbocycles. The number of fused-ring (bicyclic) bond motifs is 1. The predicted octanol–water partition coefficient (Wildman–Crippen LogP) is 4.46. The third-order valence-corrected chi connectivity index (χ3v) is 5.20. The van der Waals surface area contributed by atoms with Crippen LogP contribution >= 0.6 is 11.3 Å². The molecule has 0 unspecified atom stereocenters. The minimum absolute atomic E-state index is 0.0620. The maximum absolute atomic E-state index is 12.4. The fourth-order valence-electron chi connectivity index (χ4n) is 2.89. The number of nitrogens with zero attached hydrogens (tertiary/aromatic N) is 3. The van der Waals surface area contributed by atoms with Gasteiger partial charge in [0.05, 0.1) is 17.0 Å². The average Bonchev–Trinajstić information content (AvgIpc) is 3.24. The highest BCUT2D eigenvalue weighted by Crippen LogP contribution is 2.24. The zero-order valence-electron chi connectivity index (χ0n) is 15.0. The van der Waals surface area contributed by atoms with Gasteiger partial charge in [-0.15, -0.1) is 11.3 Å². The molecule has 8 heteroatoms. The number of hydrogen-bond donors (Lipinski definition) is 1. The first-order valence-electron chi connectivity index (χ1n) is 8.56. The van der Waals surface area contributed by atoms with Gasteiger partial charge in [0.2, 0.25) is 5.91 Å². The molecule has 4 rings (SSSR count). The highest BCUT2D eigenvalue weighted by molar-refractivity contribution is 7.15. The highest BCUT2D eigenvalue weighted by atomic mass is 32.1. The first kappa shape index (κ1) is 17.9. The lowest BCUT2D eigenvalue weighted by Gasteiger charge is -2.04. The molecule has 28 heavy (non-hydrogen) atoms. The SMILES string of the molecule is Cc1ccc(-c2cn3c(CC(=O)Nc4cccc([N+](=O)[O-])c4)csc3n2)cc1. The molecule has 0 atom stereocenters. The molecule has 2 heterocycles. The number of hydrogen-bond acceptors (Lipinski definition) is 5. The number of nitro benzene ring substituents is 1. The van der Waals surface area contributed by atoms with Crippen molar-refractivity contribution in [2.75, 3.05) is 5.32 Å². The van der Waals surface area contributed by atoms with E-state index in [1.54, 1.807) is 12.1 Å². The molecule has 2 aromatic heterocycles. The minimum Gasteiger partial charge on any atom is -0.326 e. The maximum Gasteiger partial charge on any atom is 0.271 e. The standard InChI is InChI=1S/C20H16N4O3S/c1-13-5-7-14(8-6-13)18-11-23-17(12-28-20(23)22-18)10-19(25)21-15-3-2-4-16(9-15)24(26)27/h2-9,11-12H,10H2,1H3,(H,21,25). The monoisotopic (exact) mass is 392 g/mol. The van der Waals surface area contributed by atoms with E-state index >= 15 is 0 Å². The molecule has 0 spiro atoms. The number of carbonyl (C=O) groups is 1. The van der Waals surface area contributed by atoms with E-state index in [1.807, 2.05) is 47.2 Å². The molecule has 1 amide bonds. The van der Waals surface area contributed by atoms with Crippen molar-refractivity contribution in [3.8, 4) is 11.3 Å². The van der Waals surface area contributed by atoms with Crippen molar-refractivity contribution in [3.63, 3.8) is 0 Å². The van der Waals surface area contributed by atoms with Crippen molar-refractivity contribution in [3.05, 3.63) is 81.5 Å². The Kier molecular flexibility index (Phi) is 4.62. The van der Waals surface area contributed by atoms with E-state index in [4.69, 9.17) is 0 Å². The second-order valence-electron chi connectivity index (χ2n) is 6.40. The number of non-ortho nitro benzene ring substituents is 1. The van der Waals surface area contributed by atoms with Crippen LogP contribution < -0.4 is 5.32 Å². The van der Waals surface area contributed by atoms with Gasteiger partial charge in [-0.1, -0.05) is 35.9 Å². The highest BCUT2D eigenvalue weighted by Gasteiger charge is 2.14. The van der Waals surface area contributed by atoms with Crippen molar-refractivity contribution in [1.29, 1.82) is 0 Å². The Morgan fingerprint density at radius 3 is 2.79 bits per heavy atom. The smallest absolute Gasteiger partial charge is 0.271 e. The molecule has 0 aliphatic heterocycles. The van der Waals surface area contributed by atoms with E-state index in [2.05, 4.69) is 10.3 Å². The van der Waals surface area contributed by atoms with E-state index in [0.29, 0.717) is 5.69 Å². The van der Waals surface area contributed by atoms with Crippen LogP contribution in [0.25, 0.3) is 16.2 Å². The van der Waals surface area contributed by atoms with Crippen molar-refractivity contribution in [2.45, 2.75) is 13.3 Å². The third kappa shape index (κ3) is 3.63. The first-order valence-corrected chi connectivity index (χ1v) is 9.44. The molecule has 0 bridgehead atoms. The summed E-state index contributed by atoms with van der Waals surface area (Å²) in [6, 6.07) is 14.0. The van der Waals surface area contributed by atoms with Gasteiger partial charge < -0.3 is 5.32 Å². The van der Waals surface area contributed by atoms with E-state index < -0.39 is 4.92 Å². The quantitative estimate of drug-likeness (QED) is 0.401. The second-order valence-corrected chi connectivity index (χ2v) is 7.24. The van der Waals surface area contributed by atoms with Gasteiger partial charge in [0.25, 0.3) is 5.69 Å². The molecule has 0 radical (unpaired) electrons. The molecular weight excluding hydrogens is 376 g/mol. The summed E-state index contributed by atoms with van der Waals surface area (Å²) in [4.78, 5) is 28.2. The molecule has 2 aromatic carbocycles. The van der Waals surface area contributed by atoms with E-state index in [1.165, 1.54) is 29.0 Å². The Morgan fingerprint density at radius 1 is 1.25 bits per heavy atom. The number of nitro groups is 1. The summed E-state index contributed by atoms with van der Waals surface area (Å²) in [5.74, 6) is -0.245.